The number of rotatable bonds is 23. The van der Waals surface area contributed by atoms with Gasteiger partial charge in [0.1, 0.15) is 42.3 Å². The number of nitrogens with two attached hydrogens (primary N) is 1. The van der Waals surface area contributed by atoms with Crippen molar-refractivity contribution in [2.75, 3.05) is 46.4 Å². The molecule has 1 unspecified atom stereocenters. The van der Waals surface area contributed by atoms with Gasteiger partial charge in [-0.05, 0) is 110 Å². The van der Waals surface area contributed by atoms with Gasteiger partial charge in [0.15, 0.2) is 29.6 Å². The number of alkyl halides is 3. The van der Waals surface area contributed by atoms with Crippen LogP contribution in [0.5, 0.6) is 17.2 Å². The second kappa shape index (κ2) is 32.9. The van der Waals surface area contributed by atoms with Crippen LogP contribution in [-0.4, -0.2) is 185 Å². The molecule has 2 saturated heterocycles. The van der Waals surface area contributed by atoms with E-state index in [9.17, 15) is 87.2 Å². The number of fused-ring (bicyclic) bond motifs is 2. The number of benzene rings is 4. The van der Waals surface area contributed by atoms with Crippen LogP contribution < -0.4 is 51.4 Å². The number of ether oxygens (including phenoxy) is 5. The van der Waals surface area contributed by atoms with Gasteiger partial charge in [0.25, 0.3) is 17.7 Å². The third-order valence-electron chi connectivity index (χ3n) is 16.5. The Balaban J connectivity index is 0.00000179. The van der Waals surface area contributed by atoms with Gasteiger partial charge in [-0.3, -0.25) is 38.9 Å². The third kappa shape index (κ3) is 18.4. The van der Waals surface area contributed by atoms with Gasteiger partial charge in [-0.1, -0.05) is 32.0 Å². The number of nitrogens with zero attached hydrogens (tertiary/aromatic N) is 5. The summed E-state index contributed by atoms with van der Waals surface area (Å²) in [4.78, 5) is 128. The molecule has 0 aliphatic carbocycles. The average Bonchev–Trinajstić information content (AvgIpc) is 1.58. The Bertz CT molecular complexity index is 4130. The van der Waals surface area contributed by atoms with Crippen molar-refractivity contribution < 1.29 is 116 Å². The Morgan fingerprint density at radius 2 is 1.34 bits per heavy atom. The van der Waals surface area contributed by atoms with Gasteiger partial charge in [0.2, 0.25) is 24.0 Å². The van der Waals surface area contributed by atoms with Crippen LogP contribution in [0, 0.1) is 16.0 Å². The Morgan fingerprint density at radius 1 is 0.735 bits per heavy atom. The van der Waals surface area contributed by atoms with E-state index in [0.717, 1.165) is 28.2 Å². The highest BCUT2D eigenvalue weighted by Gasteiger charge is 2.49. The molecule has 4 aromatic carbocycles. The fourth-order valence-corrected chi connectivity index (χ4v) is 10.9. The molecular weight excluding hydrogens is 1360 g/mol. The van der Waals surface area contributed by atoms with Crippen LogP contribution in [-0.2, 0) is 54.1 Å². The van der Waals surface area contributed by atoms with E-state index in [4.69, 9.17) is 39.3 Å². The second-order valence-electron chi connectivity index (χ2n) is 24.1. The van der Waals surface area contributed by atoms with Crippen molar-refractivity contribution in [3.8, 4) is 28.4 Å². The number of nitrogens with one attached hydrogen (secondary N) is 5. The molecule has 3 aliphatic rings. The van der Waals surface area contributed by atoms with Crippen molar-refractivity contribution in [1.82, 2.24) is 19.4 Å². The molecule has 9 atom stereocenters. The summed E-state index contributed by atoms with van der Waals surface area (Å²) in [5.41, 5.74) is 8.79. The SMILES string of the molecule is COc1cc2c(cc1OCCCC(=O)Nc1cc(C(=O)Nc3ccc(-c4cc(C(=O)Nc5ccc(NC(=O)[C@H](C)NC(=O)[C@@H](N)C(C)C)cc5)n(C)c4)cc3)n(C)c1)N(C(=O)OCc1ccc(O[C@@H]3O[C@H](C(=O)O)[C@@H](O)[C@H](O)[C@H]3O)c([N+](=O)[O-])c1)C(O)[C@@H]1CCCCN1C2=O.O=C(O)C(F)(F)F. The molecule has 6 aromatic rings. The molecule has 7 amide bonds. The number of amides is 7. The number of aryl methyl sites for hydroxylation is 2. The number of carbonyl (C=O) groups is 9. The zero-order chi connectivity index (χ0) is 74.8. The van der Waals surface area contributed by atoms with Crippen molar-refractivity contribution in [3.63, 3.8) is 0 Å². The van der Waals surface area contributed by atoms with Gasteiger partial charge in [0.05, 0.1) is 47.7 Å². The summed E-state index contributed by atoms with van der Waals surface area (Å²) in [5, 5.41) is 85.2. The number of anilines is 5. The van der Waals surface area contributed by atoms with Crippen molar-refractivity contribution in [2.45, 2.75) is 121 Å². The molecule has 5 heterocycles. The molecule has 2 fully saturated rings. The van der Waals surface area contributed by atoms with E-state index in [-0.39, 0.29) is 71.8 Å². The predicted molar refractivity (Wildman–Crippen MR) is 353 cm³/mol. The number of aliphatic hydroxyl groups is 4. The van der Waals surface area contributed by atoms with E-state index >= 15 is 0 Å². The molecule has 2 aromatic heterocycles. The van der Waals surface area contributed by atoms with Crippen LogP contribution >= 0.6 is 0 Å². The first kappa shape index (κ1) is 76.6. The average molecular weight is 1430 g/mol. The number of aliphatic carboxylic acids is 2. The number of aliphatic hydroxyl groups excluding tert-OH is 4. The number of carboxylic acids is 2. The predicted octanol–water partition coefficient (Wildman–Crippen LogP) is 5.05. The summed E-state index contributed by atoms with van der Waals surface area (Å²) >= 11 is 0. The fraction of sp³-hybridized carbons (Fsp3) is 0.379. The summed E-state index contributed by atoms with van der Waals surface area (Å²) in [5.74, 6) is -7.67. The lowest BCUT2D eigenvalue weighted by Gasteiger charge is -2.38. The molecule has 36 heteroatoms. The van der Waals surface area contributed by atoms with Gasteiger partial charge < -0.3 is 101 Å². The molecule has 3 aliphatic heterocycles. The number of nitro benzene ring substituents is 1. The van der Waals surface area contributed by atoms with E-state index in [1.165, 1.54) is 36.3 Å². The van der Waals surface area contributed by atoms with Crippen LogP contribution in [0.2, 0.25) is 0 Å². The first-order chi connectivity index (χ1) is 48.1. The standard InChI is InChI=1S/C64H73N11O20.C2HF3O2/c1-32(2)51(65)59(83)66-33(3)56(80)68-38-17-19-39(20-18-38)70-57(81)45-25-36(29-71(45)4)35-13-15-37(16-14-35)69-58(82)46-26-40(30-72(46)5)67-50(76)11-9-23-92-49-28-43-41(27-48(49)91-6)60(84)73-22-8-7-10-42(73)61(85)74(43)64(88)93-31-34-12-21-47(44(24-34)75(89)90)94-63-54(79)52(77)53(78)55(95-63)62(86)87;3-2(4,5)1(6)7/h12-21,24-30,32-33,42,51-55,61,63,77-79,85H,7-11,22-23,31,65H2,1-6H3,(H,66,83)(H,67,76)(H,68,80)(H,69,82)(H,70,81)(H,86,87);(H,6,7)/t33-,42-,51-,52-,53-,54+,55-,61?,63+;/m0./s1. The first-order valence-corrected chi connectivity index (χ1v) is 31.4. The molecular formula is C66H74F3N11O22. The van der Waals surface area contributed by atoms with Crippen molar-refractivity contribution >= 4 is 87.6 Å². The minimum Gasteiger partial charge on any atom is -0.493 e. The van der Waals surface area contributed by atoms with Gasteiger partial charge in [-0.2, -0.15) is 13.2 Å². The lowest BCUT2D eigenvalue weighted by molar-refractivity contribution is -0.387. The maximum absolute atomic E-state index is 14.2. The molecule has 33 nitrogen and oxygen atoms in total. The molecule has 0 bridgehead atoms. The number of methoxy groups -OCH3 is 1. The van der Waals surface area contributed by atoms with E-state index in [2.05, 4.69) is 26.6 Å². The topological polar surface area (TPSA) is 467 Å². The quantitative estimate of drug-likeness (QED) is 0.0227. The van der Waals surface area contributed by atoms with E-state index in [0.29, 0.717) is 47.7 Å². The van der Waals surface area contributed by atoms with Crippen LogP contribution in [0.4, 0.5) is 52.1 Å². The summed E-state index contributed by atoms with van der Waals surface area (Å²) < 4.78 is 62.8. The number of nitro groups is 1. The Hall–Kier alpha value is -11.2. The maximum atomic E-state index is 14.2. The van der Waals surface area contributed by atoms with Gasteiger partial charge in [-0.25, -0.2) is 19.3 Å². The van der Waals surface area contributed by atoms with Gasteiger partial charge >= 0.3 is 29.9 Å². The maximum Gasteiger partial charge on any atom is 0.490 e. The summed E-state index contributed by atoms with van der Waals surface area (Å²) in [6, 6.07) is 20.2. The molecule has 9 rings (SSSR count). The van der Waals surface area contributed by atoms with Crippen molar-refractivity contribution in [3.05, 3.63) is 136 Å². The molecule has 0 spiro atoms. The summed E-state index contributed by atoms with van der Waals surface area (Å²) in [6.07, 6.45) is -13.1. The Kier molecular flexibility index (Phi) is 24.7. The van der Waals surface area contributed by atoms with Gasteiger partial charge in [0, 0.05) is 74.2 Å². The molecule has 102 heavy (non-hydrogen) atoms. The number of aromatic nitrogens is 2. The van der Waals surface area contributed by atoms with Crippen LogP contribution in [0.25, 0.3) is 11.1 Å². The lowest BCUT2D eigenvalue weighted by Crippen LogP contribution is -2.61. The normalized spacial score (nSPS) is 19.2. The highest BCUT2D eigenvalue weighted by Crippen LogP contribution is 2.42. The minimum absolute atomic E-state index is 0.0203. The summed E-state index contributed by atoms with van der Waals surface area (Å²) in [7, 11) is 4.70. The minimum atomic E-state index is -5.08. The van der Waals surface area contributed by atoms with Crippen molar-refractivity contribution in [1.29, 1.82) is 0 Å². The van der Waals surface area contributed by atoms with Gasteiger partial charge in [-0.15, -0.1) is 0 Å². The fourth-order valence-electron chi connectivity index (χ4n) is 10.9. The van der Waals surface area contributed by atoms with Crippen LogP contribution in [0.1, 0.15) is 89.8 Å². The number of carbonyl (C=O) groups excluding carboxylic acids is 7. The lowest BCUT2D eigenvalue weighted by atomic mass is 9.99. The highest BCUT2D eigenvalue weighted by atomic mass is 19.4. The first-order valence-electron chi connectivity index (χ1n) is 31.4. The number of hydrogen-bond acceptors (Lipinski definition) is 21. The van der Waals surface area contributed by atoms with E-state index in [1.54, 1.807) is 97.1 Å². The Morgan fingerprint density at radius 3 is 1.94 bits per heavy atom. The van der Waals surface area contributed by atoms with E-state index in [1.807, 2.05) is 13.8 Å². The number of halogens is 3. The zero-order valence-electron chi connectivity index (χ0n) is 55.4. The van der Waals surface area contributed by atoms with E-state index < -0.39 is 132 Å². The zero-order valence-corrected chi connectivity index (χ0v) is 55.4. The number of piperidine rings is 1. The van der Waals surface area contributed by atoms with Crippen LogP contribution in [0.15, 0.2) is 103 Å². The molecule has 0 saturated carbocycles. The molecule has 0 radical (unpaired) electrons. The third-order valence-corrected chi connectivity index (χ3v) is 16.5. The highest BCUT2D eigenvalue weighted by molar-refractivity contribution is 6.07. The number of hydrogen-bond donors (Lipinski definition) is 12. The number of carboxylic acid groups (broad SMARTS) is 2. The van der Waals surface area contributed by atoms with Crippen molar-refractivity contribution in [2.24, 2.45) is 25.7 Å². The molecule has 546 valence electrons. The largest absolute Gasteiger partial charge is 0.493 e. The summed E-state index contributed by atoms with van der Waals surface area (Å²) in [6.45, 7) is 4.70. The second-order valence-corrected chi connectivity index (χ2v) is 24.1. The Labute approximate surface area is 577 Å². The smallest absolute Gasteiger partial charge is 0.490 e. The van der Waals surface area contributed by atoms with Crippen LogP contribution in [0.3, 0.4) is 0 Å². The monoisotopic (exact) mass is 1430 g/mol. The molecule has 13 N–H and O–H groups in total.